The lowest BCUT2D eigenvalue weighted by Gasteiger charge is -2.21. The molecule has 0 atom stereocenters. The molecule has 0 N–H and O–H groups in total. The van der Waals surface area contributed by atoms with Crippen molar-refractivity contribution in [3.8, 4) is 0 Å². The maximum absolute atomic E-state index is 14.6. The Kier molecular flexibility index (Phi) is 7.51. The molecular weight excluding hydrogens is 371 g/mol. The fourth-order valence-corrected chi connectivity index (χ4v) is 6.53. The van der Waals surface area contributed by atoms with Crippen molar-refractivity contribution in [2.75, 3.05) is 0 Å². The quantitative estimate of drug-likeness (QED) is 0.389. The van der Waals surface area contributed by atoms with Crippen molar-refractivity contribution < 1.29 is 4.57 Å². The molecule has 0 bridgehead atoms. The molecule has 3 aromatic rings. The summed E-state index contributed by atoms with van der Waals surface area (Å²) >= 11 is 0. The summed E-state index contributed by atoms with van der Waals surface area (Å²) in [6, 6.07) is 25.3. The Morgan fingerprint density at radius 1 is 0.483 bits per heavy atom. The summed E-state index contributed by atoms with van der Waals surface area (Å²) < 4.78 is 14.6. The van der Waals surface area contributed by atoms with Gasteiger partial charge in [0, 0.05) is 15.9 Å². The highest BCUT2D eigenvalue weighted by atomic mass is 31.2. The van der Waals surface area contributed by atoms with E-state index in [0.29, 0.717) is 0 Å². The second kappa shape index (κ2) is 10.1. The Bertz CT molecular complexity index is 810. The van der Waals surface area contributed by atoms with Crippen LogP contribution in [0.25, 0.3) is 0 Å². The average Bonchev–Trinajstić information content (AvgIpc) is 2.75. The van der Waals surface area contributed by atoms with Gasteiger partial charge in [-0.15, -0.1) is 0 Å². The maximum Gasteiger partial charge on any atom is 0.171 e. The van der Waals surface area contributed by atoms with Crippen LogP contribution in [0.1, 0.15) is 56.7 Å². The van der Waals surface area contributed by atoms with Crippen molar-refractivity contribution in [3.05, 3.63) is 89.5 Å². The lowest BCUT2D eigenvalue weighted by atomic mass is 10.1. The summed E-state index contributed by atoms with van der Waals surface area (Å²) in [5.74, 6) is 0. The summed E-state index contributed by atoms with van der Waals surface area (Å²) in [4.78, 5) is 0. The van der Waals surface area contributed by atoms with E-state index in [1.54, 1.807) is 0 Å². The van der Waals surface area contributed by atoms with Crippen LogP contribution in [0.3, 0.4) is 0 Å². The molecule has 0 fully saturated rings. The monoisotopic (exact) mass is 404 g/mol. The third kappa shape index (κ3) is 4.90. The van der Waals surface area contributed by atoms with Gasteiger partial charge in [-0.3, -0.25) is 0 Å². The molecule has 0 heterocycles. The third-order valence-corrected chi connectivity index (χ3v) is 8.59. The lowest BCUT2D eigenvalue weighted by Crippen LogP contribution is -2.25. The summed E-state index contributed by atoms with van der Waals surface area (Å²) in [5.41, 5.74) is 3.91. The highest BCUT2D eigenvalue weighted by molar-refractivity contribution is 7.85. The molecule has 0 amide bonds. The van der Waals surface area contributed by atoms with Gasteiger partial charge in [-0.05, 0) is 36.0 Å². The van der Waals surface area contributed by atoms with Gasteiger partial charge in [-0.1, -0.05) is 113 Å². The Labute approximate surface area is 176 Å². The van der Waals surface area contributed by atoms with Gasteiger partial charge >= 0.3 is 0 Å². The van der Waals surface area contributed by atoms with Crippen LogP contribution in [0.2, 0.25) is 0 Å². The average molecular weight is 405 g/mol. The Hall–Kier alpha value is -2.11. The van der Waals surface area contributed by atoms with E-state index in [-0.39, 0.29) is 0 Å². The van der Waals surface area contributed by atoms with Gasteiger partial charge in [0.2, 0.25) is 0 Å². The summed E-state index contributed by atoms with van der Waals surface area (Å²) in [5, 5.41) is 2.76. The second-order valence-electron chi connectivity index (χ2n) is 7.86. The first kappa shape index (κ1) is 21.6. The Morgan fingerprint density at radius 2 is 0.724 bits per heavy atom. The molecule has 0 aliphatic heterocycles. The van der Waals surface area contributed by atoms with Gasteiger partial charge in [0.25, 0.3) is 0 Å². The molecular formula is C27H33OP. The molecule has 3 aromatic carbocycles. The van der Waals surface area contributed by atoms with E-state index in [1.165, 1.54) is 16.7 Å². The fourth-order valence-electron chi connectivity index (χ4n) is 3.93. The molecule has 0 saturated carbocycles. The van der Waals surface area contributed by atoms with Gasteiger partial charge in [-0.2, -0.15) is 0 Å². The first-order chi connectivity index (χ1) is 14.1. The lowest BCUT2D eigenvalue weighted by molar-refractivity contribution is 0.592. The largest absolute Gasteiger partial charge is 0.309 e. The number of benzene rings is 3. The normalized spacial score (nSPS) is 11.6. The molecule has 0 saturated heterocycles. The van der Waals surface area contributed by atoms with Crippen molar-refractivity contribution in [3.63, 3.8) is 0 Å². The van der Waals surface area contributed by atoms with Gasteiger partial charge in [0.05, 0.1) is 0 Å². The highest BCUT2D eigenvalue weighted by Gasteiger charge is 2.29. The van der Waals surface area contributed by atoms with Crippen LogP contribution in [0.15, 0.2) is 72.8 Å². The van der Waals surface area contributed by atoms with Crippen molar-refractivity contribution in [2.45, 2.75) is 59.3 Å². The molecule has 0 aliphatic carbocycles. The minimum atomic E-state index is -2.89. The van der Waals surface area contributed by atoms with Crippen molar-refractivity contribution in [2.24, 2.45) is 0 Å². The van der Waals surface area contributed by atoms with E-state index < -0.39 is 7.14 Å². The predicted molar refractivity (Wildman–Crippen MR) is 128 cm³/mol. The summed E-state index contributed by atoms with van der Waals surface area (Å²) in [6.45, 7) is 6.57. The smallest absolute Gasteiger partial charge is 0.171 e. The van der Waals surface area contributed by atoms with Crippen LogP contribution in [-0.4, -0.2) is 0 Å². The predicted octanol–water partition coefficient (Wildman–Crippen LogP) is 6.18. The van der Waals surface area contributed by atoms with Crippen LogP contribution >= 0.6 is 7.14 Å². The van der Waals surface area contributed by atoms with Gasteiger partial charge in [-0.25, -0.2) is 0 Å². The maximum atomic E-state index is 14.6. The molecule has 0 unspecified atom stereocenters. The van der Waals surface area contributed by atoms with Crippen molar-refractivity contribution >= 4 is 23.1 Å². The van der Waals surface area contributed by atoms with Gasteiger partial charge in [0.1, 0.15) is 0 Å². The molecule has 1 nitrogen and oxygen atoms in total. The third-order valence-electron chi connectivity index (χ3n) is 5.52. The number of hydrogen-bond donors (Lipinski definition) is 0. The van der Waals surface area contributed by atoms with E-state index in [4.69, 9.17) is 0 Å². The second-order valence-corrected chi connectivity index (χ2v) is 10.6. The molecule has 0 radical (unpaired) electrons. The molecule has 152 valence electrons. The van der Waals surface area contributed by atoms with Gasteiger partial charge < -0.3 is 4.57 Å². The van der Waals surface area contributed by atoms with Crippen LogP contribution in [0.4, 0.5) is 0 Å². The van der Waals surface area contributed by atoms with Crippen LogP contribution in [0, 0.1) is 0 Å². The first-order valence-corrected chi connectivity index (χ1v) is 12.7. The SMILES string of the molecule is CCCc1ccc(P(=O)(c2ccc(CCC)cc2)c2ccc(CCC)cc2)cc1. The summed E-state index contributed by atoms with van der Waals surface area (Å²) in [6.07, 6.45) is 6.53. The van der Waals surface area contributed by atoms with Crippen LogP contribution in [0.5, 0.6) is 0 Å². The zero-order valence-electron chi connectivity index (χ0n) is 18.0. The molecule has 0 aliphatic rings. The molecule has 29 heavy (non-hydrogen) atoms. The molecule has 0 spiro atoms. The van der Waals surface area contributed by atoms with Crippen molar-refractivity contribution in [1.82, 2.24) is 0 Å². The minimum absolute atomic E-state index is 0.920. The fraction of sp³-hybridized carbons (Fsp3) is 0.333. The number of hydrogen-bond acceptors (Lipinski definition) is 1. The molecule has 0 aromatic heterocycles. The topological polar surface area (TPSA) is 17.1 Å². The van der Waals surface area contributed by atoms with E-state index in [1.807, 2.05) is 0 Å². The standard InChI is InChI=1S/C27H33OP/c1-4-7-22-10-16-25(17-11-22)29(28,26-18-12-23(8-5-2)13-19-26)27-20-14-24(9-6-3)15-21-27/h10-21H,4-9H2,1-3H3. The summed E-state index contributed by atoms with van der Waals surface area (Å²) in [7, 11) is -2.89. The Morgan fingerprint density at radius 3 is 0.931 bits per heavy atom. The first-order valence-electron chi connectivity index (χ1n) is 11.0. The van der Waals surface area contributed by atoms with E-state index in [9.17, 15) is 4.57 Å². The zero-order valence-corrected chi connectivity index (χ0v) is 18.9. The zero-order chi connectivity index (χ0) is 20.7. The number of rotatable bonds is 9. The van der Waals surface area contributed by atoms with Crippen LogP contribution < -0.4 is 15.9 Å². The Balaban J connectivity index is 2.08. The number of aryl methyl sites for hydroxylation is 3. The molecule has 3 rings (SSSR count). The minimum Gasteiger partial charge on any atom is -0.309 e. The van der Waals surface area contributed by atoms with E-state index >= 15 is 0 Å². The van der Waals surface area contributed by atoms with E-state index in [2.05, 4.69) is 93.6 Å². The van der Waals surface area contributed by atoms with E-state index in [0.717, 1.165) is 54.4 Å². The van der Waals surface area contributed by atoms with Gasteiger partial charge in [0.15, 0.2) is 7.14 Å². The van der Waals surface area contributed by atoms with Crippen LogP contribution in [-0.2, 0) is 23.8 Å². The highest BCUT2D eigenvalue weighted by Crippen LogP contribution is 2.42. The molecule has 2 heteroatoms. The van der Waals surface area contributed by atoms with Crippen molar-refractivity contribution in [1.29, 1.82) is 0 Å².